The molecule has 7 heteroatoms. The van der Waals surface area contributed by atoms with E-state index in [0.717, 1.165) is 5.92 Å². The second kappa shape index (κ2) is 5.56. The van der Waals surface area contributed by atoms with Crippen molar-refractivity contribution < 1.29 is 8.42 Å². The first-order valence-corrected chi connectivity index (χ1v) is 9.47. The van der Waals surface area contributed by atoms with Crippen LogP contribution in [0.4, 0.5) is 0 Å². The molecule has 0 radical (unpaired) electrons. The number of nitrogens with zero attached hydrogens (tertiary/aromatic N) is 2. The van der Waals surface area contributed by atoms with Crippen LogP contribution < -0.4 is 0 Å². The fraction of sp³-hybridized carbons (Fsp3) is 0.786. The molecule has 0 aromatic carbocycles. The third-order valence-electron chi connectivity index (χ3n) is 5.13. The number of H-pyrrole nitrogens is 1. The summed E-state index contributed by atoms with van der Waals surface area (Å²) in [5.41, 5.74) is 0.972. The number of sulfonamides is 1. The first-order chi connectivity index (χ1) is 9.93. The predicted molar refractivity (Wildman–Crippen MR) is 81.6 cm³/mol. The van der Waals surface area contributed by atoms with Crippen LogP contribution in [0, 0.1) is 24.7 Å². The lowest BCUT2D eigenvalue weighted by Gasteiger charge is -2.26. The summed E-state index contributed by atoms with van der Waals surface area (Å²) in [4.78, 5) is 0.253. The summed E-state index contributed by atoms with van der Waals surface area (Å²) < 4.78 is 27.1. The summed E-state index contributed by atoms with van der Waals surface area (Å²) >= 11 is 5.81. The zero-order valence-corrected chi connectivity index (χ0v) is 14.0. The van der Waals surface area contributed by atoms with Crippen molar-refractivity contribution in [2.45, 2.75) is 43.4 Å². The van der Waals surface area contributed by atoms with E-state index in [0.29, 0.717) is 29.8 Å². The minimum atomic E-state index is -3.52. The molecule has 0 amide bonds. The van der Waals surface area contributed by atoms with E-state index >= 15 is 0 Å². The van der Waals surface area contributed by atoms with Gasteiger partial charge in [-0.25, -0.2) is 12.7 Å². The molecule has 1 aromatic heterocycles. The van der Waals surface area contributed by atoms with Gasteiger partial charge in [0, 0.05) is 13.6 Å². The Bertz CT molecular complexity index is 628. The van der Waals surface area contributed by atoms with Gasteiger partial charge >= 0.3 is 0 Å². The van der Waals surface area contributed by atoms with Crippen LogP contribution in [-0.4, -0.2) is 36.5 Å². The van der Waals surface area contributed by atoms with Crippen LogP contribution in [0.3, 0.4) is 0 Å². The average molecular weight is 332 g/mol. The molecule has 3 unspecified atom stereocenters. The van der Waals surface area contributed by atoms with Gasteiger partial charge in [-0.05, 0) is 43.9 Å². The molecule has 2 aliphatic carbocycles. The number of hydrogen-bond acceptors (Lipinski definition) is 3. The average Bonchev–Trinajstić information content (AvgIpc) is 3.13. The third-order valence-corrected chi connectivity index (χ3v) is 7.41. The van der Waals surface area contributed by atoms with Gasteiger partial charge in [0.25, 0.3) is 0 Å². The first-order valence-electron chi connectivity index (χ1n) is 7.49. The number of hydrogen-bond donors (Lipinski definition) is 1. The van der Waals surface area contributed by atoms with E-state index in [4.69, 9.17) is 11.6 Å². The SMILES string of the molecule is Cc1[nH]nc(CCl)c1S(=O)(=O)N(C)CC1CC2CCC1C2. The Hall–Kier alpha value is -0.590. The Morgan fingerprint density at radius 1 is 1.38 bits per heavy atom. The summed E-state index contributed by atoms with van der Waals surface area (Å²) in [5.74, 6) is 2.15. The molecule has 0 spiro atoms. The van der Waals surface area contributed by atoms with Gasteiger partial charge in [0.15, 0.2) is 0 Å². The second-order valence-electron chi connectivity index (χ2n) is 6.48. The number of aromatic nitrogens is 2. The smallest absolute Gasteiger partial charge is 0.246 e. The highest BCUT2D eigenvalue weighted by molar-refractivity contribution is 7.89. The van der Waals surface area contributed by atoms with Crippen LogP contribution in [0.25, 0.3) is 0 Å². The highest BCUT2D eigenvalue weighted by atomic mass is 35.5. The number of aryl methyl sites for hydroxylation is 1. The van der Waals surface area contributed by atoms with Crippen molar-refractivity contribution in [3.05, 3.63) is 11.4 Å². The summed E-state index contributed by atoms with van der Waals surface area (Å²) in [7, 11) is -1.85. The van der Waals surface area contributed by atoms with E-state index in [1.54, 1.807) is 14.0 Å². The maximum absolute atomic E-state index is 12.8. The van der Waals surface area contributed by atoms with E-state index in [1.165, 1.54) is 30.0 Å². The fourth-order valence-corrected chi connectivity index (χ4v) is 5.91. The highest BCUT2D eigenvalue weighted by Gasteiger charge is 2.41. The Kier molecular flexibility index (Phi) is 4.05. The van der Waals surface area contributed by atoms with Crippen LogP contribution in [0.2, 0.25) is 0 Å². The van der Waals surface area contributed by atoms with Gasteiger partial charge in [0.2, 0.25) is 10.0 Å². The van der Waals surface area contributed by atoms with Gasteiger partial charge in [-0.15, -0.1) is 11.6 Å². The van der Waals surface area contributed by atoms with E-state index < -0.39 is 10.0 Å². The van der Waals surface area contributed by atoms with Crippen LogP contribution >= 0.6 is 11.6 Å². The van der Waals surface area contributed by atoms with Crippen molar-refractivity contribution in [1.82, 2.24) is 14.5 Å². The maximum Gasteiger partial charge on any atom is 0.246 e. The number of aromatic amines is 1. The molecular formula is C14H22ClN3O2S. The molecule has 2 fully saturated rings. The largest absolute Gasteiger partial charge is 0.281 e. The van der Waals surface area contributed by atoms with Crippen LogP contribution in [0.15, 0.2) is 4.90 Å². The third kappa shape index (κ3) is 2.62. The zero-order chi connectivity index (χ0) is 15.2. The standard InChI is InChI=1S/C14H22ClN3O2S/c1-9-14(13(7-15)17-16-9)21(19,20)18(2)8-12-6-10-3-4-11(12)5-10/h10-12H,3-8H2,1-2H3,(H,16,17). The molecule has 0 saturated heterocycles. The van der Waals surface area contributed by atoms with Gasteiger partial charge in [0.05, 0.1) is 17.3 Å². The molecule has 1 N–H and O–H groups in total. The molecular weight excluding hydrogens is 310 g/mol. The van der Waals surface area contributed by atoms with Crippen LogP contribution in [0.5, 0.6) is 0 Å². The summed E-state index contributed by atoms with van der Waals surface area (Å²) in [6.07, 6.45) is 5.06. The van der Waals surface area contributed by atoms with E-state index in [2.05, 4.69) is 10.2 Å². The van der Waals surface area contributed by atoms with Crippen molar-refractivity contribution in [3.8, 4) is 0 Å². The number of nitrogens with one attached hydrogen (secondary N) is 1. The van der Waals surface area contributed by atoms with Crippen molar-refractivity contribution in [2.75, 3.05) is 13.6 Å². The topological polar surface area (TPSA) is 66.1 Å². The van der Waals surface area contributed by atoms with Crippen LogP contribution in [0.1, 0.15) is 37.1 Å². The molecule has 1 heterocycles. The first kappa shape index (κ1) is 15.3. The number of halogens is 1. The lowest BCUT2D eigenvalue weighted by molar-refractivity contribution is 0.280. The molecule has 1 aromatic rings. The van der Waals surface area contributed by atoms with Crippen molar-refractivity contribution >= 4 is 21.6 Å². The Balaban J connectivity index is 1.79. The molecule has 3 rings (SSSR count). The zero-order valence-electron chi connectivity index (χ0n) is 12.5. The number of alkyl halides is 1. The quantitative estimate of drug-likeness (QED) is 0.843. The molecule has 118 valence electrons. The Morgan fingerprint density at radius 3 is 2.71 bits per heavy atom. The Morgan fingerprint density at radius 2 is 2.14 bits per heavy atom. The summed E-state index contributed by atoms with van der Waals surface area (Å²) in [6.45, 7) is 2.33. The lowest BCUT2D eigenvalue weighted by atomic mass is 9.89. The van der Waals surface area contributed by atoms with Crippen molar-refractivity contribution in [2.24, 2.45) is 17.8 Å². The molecule has 2 saturated carbocycles. The van der Waals surface area contributed by atoms with Crippen molar-refractivity contribution in [1.29, 1.82) is 0 Å². The van der Waals surface area contributed by atoms with Gasteiger partial charge < -0.3 is 0 Å². The molecule has 0 aliphatic heterocycles. The minimum Gasteiger partial charge on any atom is -0.281 e. The normalized spacial score (nSPS) is 28.7. The van der Waals surface area contributed by atoms with Gasteiger partial charge in [-0.1, -0.05) is 6.42 Å². The molecule has 5 nitrogen and oxygen atoms in total. The summed E-state index contributed by atoms with van der Waals surface area (Å²) in [5, 5.41) is 6.72. The number of rotatable bonds is 5. The van der Waals surface area contributed by atoms with Crippen molar-refractivity contribution in [3.63, 3.8) is 0 Å². The Labute approximate surface area is 131 Å². The lowest BCUT2D eigenvalue weighted by Crippen LogP contribution is -2.34. The van der Waals surface area contributed by atoms with Gasteiger partial charge in [0.1, 0.15) is 4.90 Å². The summed E-state index contributed by atoms with van der Waals surface area (Å²) in [6, 6.07) is 0. The monoisotopic (exact) mass is 331 g/mol. The van der Waals surface area contributed by atoms with E-state index in [1.807, 2.05) is 0 Å². The molecule has 2 aliphatic rings. The predicted octanol–water partition coefficient (Wildman–Crippen LogP) is 2.51. The molecule has 3 atom stereocenters. The van der Waals surface area contributed by atoms with Gasteiger partial charge in [-0.2, -0.15) is 5.10 Å². The molecule has 2 bridgehead atoms. The van der Waals surface area contributed by atoms with Gasteiger partial charge in [-0.3, -0.25) is 5.10 Å². The highest BCUT2D eigenvalue weighted by Crippen LogP contribution is 2.48. The minimum absolute atomic E-state index is 0.0981. The number of fused-ring (bicyclic) bond motifs is 2. The van der Waals surface area contributed by atoms with Crippen LogP contribution in [-0.2, 0) is 15.9 Å². The maximum atomic E-state index is 12.8. The van der Waals surface area contributed by atoms with E-state index in [-0.39, 0.29) is 10.8 Å². The second-order valence-corrected chi connectivity index (χ2v) is 8.73. The molecule has 21 heavy (non-hydrogen) atoms. The fourth-order valence-electron chi connectivity index (χ4n) is 4.09. The van der Waals surface area contributed by atoms with E-state index in [9.17, 15) is 8.42 Å².